The molecule has 0 aromatic heterocycles. The van der Waals surface area contributed by atoms with Crippen LogP contribution < -0.4 is 14.5 Å². The van der Waals surface area contributed by atoms with Gasteiger partial charge in [-0.1, -0.05) is 36.4 Å². The van der Waals surface area contributed by atoms with Gasteiger partial charge in [0.1, 0.15) is 5.57 Å². The third-order valence-electron chi connectivity index (χ3n) is 4.94. The molecule has 7 nitrogen and oxygen atoms in total. The monoisotopic (exact) mass is 506 g/mol. The van der Waals surface area contributed by atoms with E-state index >= 15 is 0 Å². The summed E-state index contributed by atoms with van der Waals surface area (Å²) in [5.74, 6) is -1.38. The summed E-state index contributed by atoms with van der Waals surface area (Å²) in [6.07, 6.45) is 1.38. The summed E-state index contributed by atoms with van der Waals surface area (Å²) in [6.45, 7) is 2.09. The van der Waals surface area contributed by atoms with Gasteiger partial charge in [0.2, 0.25) is 0 Å². The number of para-hydroxylation sites is 2. The number of benzene rings is 3. The van der Waals surface area contributed by atoms with Crippen LogP contribution in [0.25, 0.3) is 6.08 Å². The lowest BCUT2D eigenvalue weighted by Crippen LogP contribution is -2.57. The van der Waals surface area contributed by atoms with Crippen molar-refractivity contribution in [2.24, 2.45) is 0 Å². The Morgan fingerprint density at radius 3 is 1.88 bits per heavy atom. The standard InChI is InChI=1S/C25H19BrN2O5/c1-2-33-21-15-16(14-20(26)22(21)29)13-19-23(30)27(17-9-5-3-6-10-17)25(32)28(24(19)31)18-11-7-4-8-12-18/h3-15,29H,2H2,1H3. The number of phenols is 1. The number of phenolic OH excluding ortho intramolecular Hbond substituents is 1. The van der Waals surface area contributed by atoms with Crippen LogP contribution in [-0.4, -0.2) is 29.6 Å². The van der Waals surface area contributed by atoms with E-state index in [1.165, 1.54) is 12.1 Å². The Kier molecular flexibility index (Phi) is 6.28. The summed E-state index contributed by atoms with van der Waals surface area (Å²) in [7, 11) is 0. The summed E-state index contributed by atoms with van der Waals surface area (Å²) in [4.78, 5) is 42.0. The van der Waals surface area contributed by atoms with Crippen LogP contribution in [0.2, 0.25) is 0 Å². The molecule has 0 bridgehead atoms. The largest absolute Gasteiger partial charge is 0.503 e. The highest BCUT2D eigenvalue weighted by atomic mass is 79.9. The van der Waals surface area contributed by atoms with Crippen molar-refractivity contribution in [3.05, 3.63) is 88.4 Å². The average molecular weight is 507 g/mol. The molecule has 4 amide bonds. The average Bonchev–Trinajstić information content (AvgIpc) is 2.81. The first-order valence-electron chi connectivity index (χ1n) is 10.1. The van der Waals surface area contributed by atoms with Gasteiger partial charge in [-0.15, -0.1) is 0 Å². The summed E-state index contributed by atoms with van der Waals surface area (Å²) in [5, 5.41) is 10.2. The van der Waals surface area contributed by atoms with Crippen molar-refractivity contribution in [2.45, 2.75) is 6.92 Å². The maximum Gasteiger partial charge on any atom is 0.343 e. The second-order valence-corrected chi connectivity index (χ2v) is 7.93. The number of ether oxygens (including phenoxy) is 1. The van der Waals surface area contributed by atoms with Crippen LogP contribution in [0.3, 0.4) is 0 Å². The molecule has 1 aliphatic rings. The number of carbonyl (C=O) groups is 3. The van der Waals surface area contributed by atoms with Gasteiger partial charge in [-0.2, -0.15) is 0 Å². The molecule has 3 aromatic carbocycles. The topological polar surface area (TPSA) is 87.2 Å². The number of halogens is 1. The minimum Gasteiger partial charge on any atom is -0.503 e. The van der Waals surface area contributed by atoms with Crippen LogP contribution in [-0.2, 0) is 9.59 Å². The number of barbiturate groups is 1. The van der Waals surface area contributed by atoms with Crippen molar-refractivity contribution in [3.8, 4) is 11.5 Å². The van der Waals surface area contributed by atoms with Gasteiger partial charge in [-0.25, -0.2) is 14.6 Å². The molecule has 33 heavy (non-hydrogen) atoms. The van der Waals surface area contributed by atoms with Gasteiger partial charge in [-0.3, -0.25) is 9.59 Å². The molecule has 1 aliphatic heterocycles. The van der Waals surface area contributed by atoms with Gasteiger partial charge < -0.3 is 9.84 Å². The summed E-state index contributed by atoms with van der Waals surface area (Å²) in [5.41, 5.74) is 0.917. The Hall–Kier alpha value is -3.91. The van der Waals surface area contributed by atoms with E-state index in [9.17, 15) is 19.5 Å². The van der Waals surface area contributed by atoms with E-state index in [1.807, 2.05) is 0 Å². The van der Waals surface area contributed by atoms with Crippen LogP contribution in [0.1, 0.15) is 12.5 Å². The van der Waals surface area contributed by atoms with Gasteiger partial charge in [0, 0.05) is 0 Å². The smallest absolute Gasteiger partial charge is 0.343 e. The molecule has 1 N–H and O–H groups in total. The molecular weight excluding hydrogens is 488 g/mol. The lowest BCUT2D eigenvalue weighted by Gasteiger charge is -2.33. The van der Waals surface area contributed by atoms with Crippen molar-refractivity contribution in [1.29, 1.82) is 0 Å². The normalized spacial score (nSPS) is 14.0. The molecule has 8 heteroatoms. The van der Waals surface area contributed by atoms with Crippen LogP contribution in [0, 0.1) is 0 Å². The van der Waals surface area contributed by atoms with Crippen LogP contribution in [0.4, 0.5) is 16.2 Å². The van der Waals surface area contributed by atoms with Crippen LogP contribution in [0.15, 0.2) is 82.8 Å². The van der Waals surface area contributed by atoms with Crippen molar-refractivity contribution >= 4 is 51.2 Å². The molecule has 1 fully saturated rings. The third-order valence-corrected chi connectivity index (χ3v) is 5.54. The quantitative estimate of drug-likeness (QED) is 0.382. The first-order chi connectivity index (χ1) is 15.9. The SMILES string of the molecule is CCOc1cc(C=C2C(=O)N(c3ccccc3)C(=O)N(c3ccccc3)C2=O)cc(Br)c1O. The zero-order valence-corrected chi connectivity index (χ0v) is 19.2. The molecule has 0 atom stereocenters. The Bertz CT molecular complexity index is 1200. The predicted molar refractivity (Wildman–Crippen MR) is 128 cm³/mol. The maximum absolute atomic E-state index is 13.4. The Morgan fingerprint density at radius 1 is 0.879 bits per heavy atom. The van der Waals surface area contributed by atoms with Crippen molar-refractivity contribution in [3.63, 3.8) is 0 Å². The Balaban J connectivity index is 1.87. The summed E-state index contributed by atoms with van der Waals surface area (Å²) < 4.78 is 5.78. The van der Waals surface area contributed by atoms with Crippen molar-refractivity contribution in [2.75, 3.05) is 16.4 Å². The highest BCUT2D eigenvalue weighted by molar-refractivity contribution is 9.10. The predicted octanol–water partition coefficient (Wildman–Crippen LogP) is 5.14. The second-order valence-electron chi connectivity index (χ2n) is 7.08. The van der Waals surface area contributed by atoms with Gasteiger partial charge in [0.05, 0.1) is 22.5 Å². The van der Waals surface area contributed by atoms with E-state index < -0.39 is 17.8 Å². The highest BCUT2D eigenvalue weighted by Crippen LogP contribution is 2.37. The number of hydrogen-bond acceptors (Lipinski definition) is 5. The van der Waals surface area contributed by atoms with Gasteiger partial charge in [-0.05, 0) is 70.9 Å². The maximum atomic E-state index is 13.4. The van der Waals surface area contributed by atoms with E-state index in [-0.39, 0.29) is 17.1 Å². The van der Waals surface area contributed by atoms with Gasteiger partial charge in [0.25, 0.3) is 11.8 Å². The van der Waals surface area contributed by atoms with Crippen molar-refractivity contribution in [1.82, 2.24) is 0 Å². The van der Waals surface area contributed by atoms with Crippen LogP contribution >= 0.6 is 15.9 Å². The molecular formula is C25H19BrN2O5. The molecule has 0 saturated carbocycles. The minimum atomic E-state index is -0.763. The molecule has 0 spiro atoms. The lowest BCUT2D eigenvalue weighted by molar-refractivity contribution is -0.121. The molecule has 1 heterocycles. The van der Waals surface area contributed by atoms with E-state index in [2.05, 4.69) is 15.9 Å². The van der Waals surface area contributed by atoms with E-state index in [0.29, 0.717) is 28.0 Å². The van der Waals surface area contributed by atoms with Gasteiger partial charge >= 0.3 is 6.03 Å². The fraction of sp³-hybridized carbons (Fsp3) is 0.0800. The van der Waals surface area contributed by atoms with E-state index in [4.69, 9.17) is 4.74 Å². The molecule has 4 rings (SSSR count). The fourth-order valence-electron chi connectivity index (χ4n) is 3.45. The lowest BCUT2D eigenvalue weighted by atomic mass is 10.0. The molecule has 0 radical (unpaired) electrons. The first-order valence-corrected chi connectivity index (χ1v) is 10.9. The number of anilines is 2. The van der Waals surface area contributed by atoms with Crippen LogP contribution in [0.5, 0.6) is 11.5 Å². The number of amides is 4. The Morgan fingerprint density at radius 2 is 1.39 bits per heavy atom. The zero-order chi connectivity index (χ0) is 23.5. The third kappa shape index (κ3) is 4.25. The number of hydrogen-bond donors (Lipinski definition) is 1. The number of rotatable bonds is 5. The number of aromatic hydroxyl groups is 1. The molecule has 166 valence electrons. The van der Waals surface area contributed by atoms with Gasteiger partial charge in [0.15, 0.2) is 11.5 Å². The number of nitrogens with zero attached hydrogens (tertiary/aromatic N) is 2. The number of urea groups is 1. The fourth-order valence-corrected chi connectivity index (χ4v) is 3.91. The second kappa shape index (κ2) is 9.30. The minimum absolute atomic E-state index is 0.0905. The molecule has 0 unspecified atom stereocenters. The van der Waals surface area contributed by atoms with E-state index in [0.717, 1.165) is 9.80 Å². The first kappa shape index (κ1) is 22.3. The Labute approximate surface area is 198 Å². The van der Waals surface area contributed by atoms with E-state index in [1.54, 1.807) is 73.7 Å². The zero-order valence-electron chi connectivity index (χ0n) is 17.6. The number of imide groups is 2. The molecule has 0 aliphatic carbocycles. The molecule has 3 aromatic rings. The summed E-state index contributed by atoms with van der Waals surface area (Å²) in [6, 6.07) is 19.1. The summed E-state index contributed by atoms with van der Waals surface area (Å²) >= 11 is 3.26. The van der Waals surface area contributed by atoms with Crippen molar-refractivity contribution < 1.29 is 24.2 Å². The highest BCUT2D eigenvalue weighted by Gasteiger charge is 2.43. The molecule has 1 saturated heterocycles. The number of carbonyl (C=O) groups excluding carboxylic acids is 3.